The average Bonchev–Trinajstić information content (AvgIpc) is 2.53. The minimum absolute atomic E-state index is 0.225. The van der Waals surface area contributed by atoms with E-state index in [1.807, 2.05) is 0 Å². The van der Waals surface area contributed by atoms with Gasteiger partial charge in [0.25, 0.3) is 0 Å². The molecule has 0 saturated heterocycles. The molecular formula is C12H23N3. The summed E-state index contributed by atoms with van der Waals surface area (Å²) < 4.78 is 0. The van der Waals surface area contributed by atoms with Gasteiger partial charge in [-0.15, -0.1) is 0 Å². The van der Waals surface area contributed by atoms with Gasteiger partial charge in [-0.25, -0.2) is 0 Å². The van der Waals surface area contributed by atoms with Crippen molar-refractivity contribution >= 4 is 5.96 Å². The van der Waals surface area contributed by atoms with Gasteiger partial charge in [0, 0.05) is 6.54 Å². The van der Waals surface area contributed by atoms with Crippen molar-refractivity contribution < 1.29 is 0 Å². The van der Waals surface area contributed by atoms with Crippen LogP contribution in [0.3, 0.4) is 0 Å². The SMILES string of the molecule is CCN1C(N)=NCC12CC(C)(C)CC2C. The first kappa shape index (κ1) is 10.8. The molecule has 0 radical (unpaired) electrons. The Morgan fingerprint density at radius 2 is 2.20 bits per heavy atom. The fourth-order valence-electron chi connectivity index (χ4n) is 3.76. The van der Waals surface area contributed by atoms with E-state index in [0.29, 0.717) is 11.3 Å². The van der Waals surface area contributed by atoms with E-state index in [1.165, 1.54) is 12.8 Å². The van der Waals surface area contributed by atoms with Gasteiger partial charge in [0.05, 0.1) is 12.1 Å². The van der Waals surface area contributed by atoms with E-state index in [1.54, 1.807) is 0 Å². The van der Waals surface area contributed by atoms with Crippen LogP contribution in [0, 0.1) is 11.3 Å². The summed E-state index contributed by atoms with van der Waals surface area (Å²) in [5, 5.41) is 0. The molecule has 0 aromatic carbocycles. The van der Waals surface area contributed by atoms with Crippen molar-refractivity contribution in [3.63, 3.8) is 0 Å². The maximum absolute atomic E-state index is 5.97. The Hall–Kier alpha value is -0.730. The summed E-state index contributed by atoms with van der Waals surface area (Å²) in [4.78, 5) is 6.79. The van der Waals surface area contributed by atoms with E-state index >= 15 is 0 Å². The molecule has 1 aliphatic heterocycles. The van der Waals surface area contributed by atoms with E-state index in [4.69, 9.17) is 5.73 Å². The molecule has 0 amide bonds. The number of likely N-dealkylation sites (N-methyl/N-ethyl adjacent to an activating group) is 1. The number of nitrogens with zero attached hydrogens (tertiary/aromatic N) is 2. The van der Waals surface area contributed by atoms with Gasteiger partial charge in [0.1, 0.15) is 0 Å². The van der Waals surface area contributed by atoms with Crippen LogP contribution in [0.1, 0.15) is 40.5 Å². The van der Waals surface area contributed by atoms with Crippen LogP contribution in [-0.2, 0) is 0 Å². The molecule has 86 valence electrons. The Morgan fingerprint density at radius 3 is 2.67 bits per heavy atom. The topological polar surface area (TPSA) is 41.6 Å². The van der Waals surface area contributed by atoms with E-state index < -0.39 is 0 Å². The van der Waals surface area contributed by atoms with Crippen LogP contribution < -0.4 is 5.73 Å². The van der Waals surface area contributed by atoms with Crippen LogP contribution in [-0.4, -0.2) is 29.5 Å². The Kier molecular flexibility index (Phi) is 2.25. The average molecular weight is 209 g/mol. The second kappa shape index (κ2) is 3.13. The lowest BCUT2D eigenvalue weighted by Gasteiger charge is -2.39. The molecule has 1 heterocycles. The lowest BCUT2D eigenvalue weighted by Crippen LogP contribution is -2.53. The van der Waals surface area contributed by atoms with Crippen molar-refractivity contribution in [3.8, 4) is 0 Å². The van der Waals surface area contributed by atoms with E-state index in [2.05, 4.69) is 37.6 Å². The van der Waals surface area contributed by atoms with Crippen molar-refractivity contribution in [2.75, 3.05) is 13.1 Å². The predicted octanol–water partition coefficient (Wildman–Crippen LogP) is 1.83. The molecule has 2 N–H and O–H groups in total. The van der Waals surface area contributed by atoms with Gasteiger partial charge in [0.15, 0.2) is 5.96 Å². The number of hydrogen-bond acceptors (Lipinski definition) is 3. The molecule has 1 aliphatic carbocycles. The molecule has 1 saturated carbocycles. The maximum atomic E-state index is 5.97. The molecule has 1 fully saturated rings. The number of hydrogen-bond donors (Lipinski definition) is 1. The lowest BCUT2D eigenvalue weighted by atomic mass is 9.85. The zero-order chi connectivity index (χ0) is 11.3. The van der Waals surface area contributed by atoms with Crippen LogP contribution in [0.15, 0.2) is 4.99 Å². The summed E-state index contributed by atoms with van der Waals surface area (Å²) in [6, 6.07) is 0. The highest BCUT2D eigenvalue weighted by Crippen LogP contribution is 2.51. The highest BCUT2D eigenvalue weighted by Gasteiger charge is 2.54. The predicted molar refractivity (Wildman–Crippen MR) is 63.8 cm³/mol. The lowest BCUT2D eigenvalue weighted by molar-refractivity contribution is 0.155. The Balaban J connectivity index is 2.29. The second-order valence-corrected chi connectivity index (χ2v) is 5.97. The van der Waals surface area contributed by atoms with Gasteiger partial charge < -0.3 is 10.6 Å². The monoisotopic (exact) mass is 209 g/mol. The minimum Gasteiger partial charge on any atom is -0.370 e. The quantitative estimate of drug-likeness (QED) is 0.716. The van der Waals surface area contributed by atoms with Crippen LogP contribution in [0.4, 0.5) is 0 Å². The summed E-state index contributed by atoms with van der Waals surface area (Å²) in [5.41, 5.74) is 6.63. The zero-order valence-electron chi connectivity index (χ0n) is 10.4. The summed E-state index contributed by atoms with van der Waals surface area (Å²) >= 11 is 0. The molecular weight excluding hydrogens is 186 g/mol. The standard InChI is InChI=1S/C12H23N3/c1-5-15-10(13)14-8-12(15)7-11(3,4)6-9(12)2/h9H,5-8H2,1-4H3,(H2,13,14). The van der Waals surface area contributed by atoms with E-state index in [0.717, 1.165) is 19.0 Å². The fraction of sp³-hybridized carbons (Fsp3) is 0.917. The second-order valence-electron chi connectivity index (χ2n) is 5.97. The Morgan fingerprint density at radius 1 is 1.53 bits per heavy atom. The molecule has 0 aromatic heterocycles. The van der Waals surface area contributed by atoms with Crippen LogP contribution in [0.25, 0.3) is 0 Å². The van der Waals surface area contributed by atoms with Gasteiger partial charge >= 0.3 is 0 Å². The van der Waals surface area contributed by atoms with Crippen LogP contribution in [0.5, 0.6) is 0 Å². The summed E-state index contributed by atoms with van der Waals surface area (Å²) in [6.07, 6.45) is 2.51. The molecule has 3 nitrogen and oxygen atoms in total. The van der Waals surface area contributed by atoms with Crippen molar-refractivity contribution in [1.29, 1.82) is 0 Å². The third-order valence-corrected chi connectivity index (χ3v) is 4.21. The third kappa shape index (κ3) is 1.44. The zero-order valence-corrected chi connectivity index (χ0v) is 10.4. The molecule has 0 bridgehead atoms. The molecule has 0 aromatic rings. The van der Waals surface area contributed by atoms with Crippen molar-refractivity contribution in [2.45, 2.75) is 46.1 Å². The van der Waals surface area contributed by atoms with Crippen molar-refractivity contribution in [1.82, 2.24) is 4.90 Å². The molecule has 2 unspecified atom stereocenters. The first-order valence-electron chi connectivity index (χ1n) is 5.99. The minimum atomic E-state index is 0.225. The van der Waals surface area contributed by atoms with Crippen molar-refractivity contribution in [2.24, 2.45) is 22.1 Å². The van der Waals surface area contributed by atoms with E-state index in [-0.39, 0.29) is 5.54 Å². The van der Waals surface area contributed by atoms with E-state index in [9.17, 15) is 0 Å². The summed E-state index contributed by atoms with van der Waals surface area (Å²) in [7, 11) is 0. The third-order valence-electron chi connectivity index (χ3n) is 4.21. The largest absolute Gasteiger partial charge is 0.370 e. The first-order valence-corrected chi connectivity index (χ1v) is 5.99. The number of nitrogens with two attached hydrogens (primary N) is 1. The van der Waals surface area contributed by atoms with Gasteiger partial charge in [-0.1, -0.05) is 20.8 Å². The first-order chi connectivity index (χ1) is 6.91. The molecule has 1 spiro atoms. The smallest absolute Gasteiger partial charge is 0.191 e. The Bertz CT molecular complexity index is 295. The highest BCUT2D eigenvalue weighted by atomic mass is 15.4. The van der Waals surface area contributed by atoms with Crippen molar-refractivity contribution in [3.05, 3.63) is 0 Å². The molecule has 2 aliphatic rings. The molecule has 3 heteroatoms. The van der Waals surface area contributed by atoms with Gasteiger partial charge in [-0.2, -0.15) is 0 Å². The summed E-state index contributed by atoms with van der Waals surface area (Å²) in [5.74, 6) is 1.44. The summed E-state index contributed by atoms with van der Waals surface area (Å²) in [6.45, 7) is 11.1. The maximum Gasteiger partial charge on any atom is 0.191 e. The van der Waals surface area contributed by atoms with Gasteiger partial charge in [-0.05, 0) is 31.1 Å². The van der Waals surface area contributed by atoms with Crippen LogP contribution >= 0.6 is 0 Å². The Labute approximate surface area is 92.7 Å². The van der Waals surface area contributed by atoms with Crippen LogP contribution in [0.2, 0.25) is 0 Å². The van der Waals surface area contributed by atoms with Gasteiger partial charge in [0.2, 0.25) is 0 Å². The fourth-order valence-corrected chi connectivity index (χ4v) is 3.76. The number of guanidine groups is 1. The van der Waals surface area contributed by atoms with Gasteiger partial charge in [-0.3, -0.25) is 4.99 Å². The normalized spacial score (nSPS) is 38.8. The molecule has 15 heavy (non-hydrogen) atoms. The molecule has 2 atom stereocenters. The number of aliphatic imine (C=N–C) groups is 1. The molecule has 2 rings (SSSR count). The number of rotatable bonds is 1. The highest BCUT2D eigenvalue weighted by molar-refractivity contribution is 5.81.